The van der Waals surface area contributed by atoms with Gasteiger partial charge in [0.1, 0.15) is 17.9 Å². The molecule has 0 radical (unpaired) electrons. The summed E-state index contributed by atoms with van der Waals surface area (Å²) in [6.07, 6.45) is -0.665. The van der Waals surface area contributed by atoms with E-state index in [2.05, 4.69) is 0 Å². The first-order chi connectivity index (χ1) is 9.97. The number of nitrogens with zero attached hydrogens (tertiary/aromatic N) is 1. The Bertz CT molecular complexity index is 603. The fourth-order valence-electron chi connectivity index (χ4n) is 1.85. The molecular weight excluding hydrogens is 274 g/mol. The lowest BCUT2D eigenvalue weighted by Gasteiger charge is -2.22. The Hall–Kier alpha value is -3.02. The van der Waals surface area contributed by atoms with Crippen LogP contribution in [-0.4, -0.2) is 27.2 Å². The van der Waals surface area contributed by atoms with E-state index in [1.165, 1.54) is 53.4 Å². The predicted molar refractivity (Wildman–Crippen MR) is 75.6 cm³/mol. The largest absolute Gasteiger partial charge is 0.508 e. The molecule has 0 aliphatic rings. The summed E-state index contributed by atoms with van der Waals surface area (Å²) in [6, 6.07) is 11.6. The molecule has 6 nitrogen and oxygen atoms in total. The average molecular weight is 287 g/mol. The first-order valence-corrected chi connectivity index (χ1v) is 6.10. The van der Waals surface area contributed by atoms with Crippen molar-refractivity contribution in [2.75, 3.05) is 4.90 Å². The van der Waals surface area contributed by atoms with Gasteiger partial charge in [0.05, 0.1) is 0 Å². The van der Waals surface area contributed by atoms with Crippen LogP contribution in [0.3, 0.4) is 0 Å². The van der Waals surface area contributed by atoms with E-state index in [4.69, 9.17) is 5.11 Å². The summed E-state index contributed by atoms with van der Waals surface area (Å²) in [6.45, 7) is 0. The smallest absolute Gasteiger partial charge is 0.312 e. The van der Waals surface area contributed by atoms with Crippen molar-refractivity contribution in [2.24, 2.45) is 0 Å². The van der Waals surface area contributed by atoms with Crippen LogP contribution in [0.15, 0.2) is 48.5 Å². The van der Waals surface area contributed by atoms with Gasteiger partial charge in [-0.15, -0.1) is 0 Å². The molecule has 0 fully saturated rings. The summed E-state index contributed by atoms with van der Waals surface area (Å²) >= 11 is 0. The number of hydrogen-bond donors (Lipinski definition) is 3. The van der Waals surface area contributed by atoms with Gasteiger partial charge in [0.15, 0.2) is 0 Å². The number of anilines is 2. The Kier molecular flexibility index (Phi) is 4.08. The first kappa shape index (κ1) is 14.4. The summed E-state index contributed by atoms with van der Waals surface area (Å²) in [7, 11) is 0. The van der Waals surface area contributed by atoms with Crippen molar-refractivity contribution in [1.29, 1.82) is 0 Å². The second-order valence-corrected chi connectivity index (χ2v) is 4.33. The molecule has 3 N–H and O–H groups in total. The molecule has 21 heavy (non-hydrogen) atoms. The molecule has 2 rings (SSSR count). The number of carboxylic acids is 1. The molecule has 0 unspecified atom stereocenters. The highest BCUT2D eigenvalue weighted by Gasteiger charge is 2.20. The van der Waals surface area contributed by atoms with Crippen LogP contribution in [0.4, 0.5) is 11.4 Å². The summed E-state index contributed by atoms with van der Waals surface area (Å²) in [5.74, 6) is -1.79. The standard InChI is InChI=1S/C15H13NO5/c17-12-5-1-10(2-6-12)16(14(19)9-15(20)21)11-3-7-13(18)8-4-11/h1-8,17-18H,9H2,(H,20,21). The van der Waals surface area contributed by atoms with Gasteiger partial charge in [0.2, 0.25) is 5.91 Å². The molecule has 2 aromatic carbocycles. The Morgan fingerprint density at radius 2 is 1.19 bits per heavy atom. The van der Waals surface area contributed by atoms with Crippen molar-refractivity contribution >= 4 is 23.3 Å². The van der Waals surface area contributed by atoms with Gasteiger partial charge in [-0.05, 0) is 48.5 Å². The summed E-state index contributed by atoms with van der Waals surface area (Å²) < 4.78 is 0. The molecule has 108 valence electrons. The molecule has 2 aromatic rings. The van der Waals surface area contributed by atoms with E-state index in [-0.39, 0.29) is 11.5 Å². The highest BCUT2D eigenvalue weighted by atomic mass is 16.4. The molecule has 1 amide bonds. The van der Waals surface area contributed by atoms with Crippen LogP contribution in [0.1, 0.15) is 6.42 Å². The Balaban J connectivity index is 2.43. The zero-order valence-electron chi connectivity index (χ0n) is 10.9. The average Bonchev–Trinajstić information content (AvgIpc) is 2.42. The zero-order valence-corrected chi connectivity index (χ0v) is 10.9. The van der Waals surface area contributed by atoms with Gasteiger partial charge in [-0.3, -0.25) is 14.5 Å². The van der Waals surface area contributed by atoms with Crippen molar-refractivity contribution < 1.29 is 24.9 Å². The van der Waals surface area contributed by atoms with Crippen LogP contribution in [0.25, 0.3) is 0 Å². The van der Waals surface area contributed by atoms with E-state index in [0.717, 1.165) is 0 Å². The van der Waals surface area contributed by atoms with Crippen LogP contribution >= 0.6 is 0 Å². The molecule has 6 heteroatoms. The topological polar surface area (TPSA) is 98.1 Å². The Labute approximate surface area is 120 Å². The lowest BCUT2D eigenvalue weighted by Crippen LogP contribution is -2.27. The minimum Gasteiger partial charge on any atom is -0.508 e. The van der Waals surface area contributed by atoms with Crippen LogP contribution in [0, 0.1) is 0 Å². The van der Waals surface area contributed by atoms with Crippen LogP contribution < -0.4 is 4.90 Å². The number of hydrogen-bond acceptors (Lipinski definition) is 4. The maximum atomic E-state index is 12.1. The Morgan fingerprint density at radius 3 is 1.52 bits per heavy atom. The number of phenols is 2. The molecule has 0 saturated carbocycles. The van der Waals surface area contributed by atoms with Gasteiger partial charge in [-0.2, -0.15) is 0 Å². The number of amides is 1. The quantitative estimate of drug-likeness (QED) is 0.749. The van der Waals surface area contributed by atoms with Gasteiger partial charge in [0.25, 0.3) is 0 Å². The van der Waals surface area contributed by atoms with Gasteiger partial charge >= 0.3 is 5.97 Å². The monoisotopic (exact) mass is 287 g/mol. The molecular formula is C15H13NO5. The van der Waals surface area contributed by atoms with Crippen molar-refractivity contribution in [3.05, 3.63) is 48.5 Å². The van der Waals surface area contributed by atoms with Crippen LogP contribution in [0.5, 0.6) is 11.5 Å². The van der Waals surface area contributed by atoms with Crippen molar-refractivity contribution in [2.45, 2.75) is 6.42 Å². The third-order valence-corrected chi connectivity index (χ3v) is 2.77. The number of carboxylic acid groups (broad SMARTS) is 1. The number of benzene rings is 2. The fourth-order valence-corrected chi connectivity index (χ4v) is 1.85. The second-order valence-electron chi connectivity index (χ2n) is 4.33. The minimum atomic E-state index is -1.23. The van der Waals surface area contributed by atoms with Crippen LogP contribution in [-0.2, 0) is 9.59 Å². The lowest BCUT2D eigenvalue weighted by atomic mass is 10.2. The van der Waals surface area contributed by atoms with E-state index in [1.54, 1.807) is 0 Å². The predicted octanol–water partition coefficient (Wildman–Crippen LogP) is 2.24. The second kappa shape index (κ2) is 5.96. The van der Waals surface area contributed by atoms with Gasteiger partial charge in [-0.1, -0.05) is 0 Å². The molecule has 0 heterocycles. The van der Waals surface area contributed by atoms with Crippen LogP contribution in [0.2, 0.25) is 0 Å². The maximum Gasteiger partial charge on any atom is 0.312 e. The number of phenolic OH excluding ortho intramolecular Hbond substituents is 2. The number of aromatic hydroxyl groups is 2. The fraction of sp³-hybridized carbons (Fsp3) is 0.0667. The number of carbonyl (C=O) groups excluding carboxylic acids is 1. The van der Waals surface area contributed by atoms with Crippen molar-refractivity contribution in [3.8, 4) is 11.5 Å². The lowest BCUT2D eigenvalue weighted by molar-refractivity contribution is -0.139. The molecule has 0 aliphatic heterocycles. The molecule has 0 bridgehead atoms. The number of rotatable bonds is 4. The number of aliphatic carboxylic acids is 1. The van der Waals surface area contributed by atoms with Gasteiger partial charge in [-0.25, -0.2) is 0 Å². The Morgan fingerprint density at radius 1 is 0.810 bits per heavy atom. The first-order valence-electron chi connectivity index (χ1n) is 6.10. The zero-order chi connectivity index (χ0) is 15.4. The minimum absolute atomic E-state index is 0.0371. The normalized spacial score (nSPS) is 10.1. The SMILES string of the molecule is O=C(O)CC(=O)N(c1ccc(O)cc1)c1ccc(O)cc1. The molecule has 0 saturated heterocycles. The molecule has 0 aliphatic carbocycles. The summed E-state index contributed by atoms with van der Waals surface area (Å²) in [5.41, 5.74) is 0.842. The highest BCUT2D eigenvalue weighted by molar-refractivity contribution is 6.07. The van der Waals surface area contributed by atoms with E-state index < -0.39 is 18.3 Å². The molecule has 0 aromatic heterocycles. The van der Waals surface area contributed by atoms with Crippen molar-refractivity contribution in [1.82, 2.24) is 0 Å². The van der Waals surface area contributed by atoms with Gasteiger partial charge < -0.3 is 15.3 Å². The van der Waals surface area contributed by atoms with E-state index in [0.29, 0.717) is 11.4 Å². The molecule has 0 spiro atoms. The maximum absolute atomic E-state index is 12.1. The van der Waals surface area contributed by atoms with E-state index >= 15 is 0 Å². The van der Waals surface area contributed by atoms with Gasteiger partial charge in [0, 0.05) is 11.4 Å². The van der Waals surface area contributed by atoms with Crippen molar-refractivity contribution in [3.63, 3.8) is 0 Å². The third-order valence-electron chi connectivity index (χ3n) is 2.77. The highest BCUT2D eigenvalue weighted by Crippen LogP contribution is 2.29. The molecule has 0 atom stereocenters. The summed E-state index contributed by atoms with van der Waals surface area (Å²) in [4.78, 5) is 24.1. The van der Waals surface area contributed by atoms with E-state index in [9.17, 15) is 19.8 Å². The third kappa shape index (κ3) is 3.50. The van der Waals surface area contributed by atoms with E-state index in [1.807, 2.05) is 0 Å². The number of carbonyl (C=O) groups is 2. The summed E-state index contributed by atoms with van der Waals surface area (Å²) in [5, 5.41) is 27.4.